The molecule has 0 aromatic carbocycles. The van der Waals surface area contributed by atoms with Gasteiger partial charge in [-0.1, -0.05) is 181 Å². The van der Waals surface area contributed by atoms with Crippen LogP contribution in [0.2, 0.25) is 0 Å². The van der Waals surface area contributed by atoms with Crippen LogP contribution in [0.15, 0.2) is 0 Å². The first kappa shape index (κ1) is 44.7. The average molecular weight is 701 g/mol. The largest absolute Gasteiger partial charge is 0.484 e. The van der Waals surface area contributed by atoms with Gasteiger partial charge in [0.2, 0.25) is 0 Å². The average Bonchev–Trinajstić information content (AvgIpc) is 3.06. The molecular formula is C40H76O5S2. The van der Waals surface area contributed by atoms with E-state index in [9.17, 15) is 10.2 Å². The molecule has 0 radical (unpaired) electrons. The van der Waals surface area contributed by atoms with Crippen molar-refractivity contribution in [2.75, 3.05) is 13.2 Å². The normalized spacial score (nSPS) is 19.6. The molecule has 0 spiro atoms. The van der Waals surface area contributed by atoms with Crippen LogP contribution in [0, 0.1) is 0 Å². The summed E-state index contributed by atoms with van der Waals surface area (Å²) in [5.41, 5.74) is 0. The van der Waals surface area contributed by atoms with E-state index in [4.69, 9.17) is 38.6 Å². The van der Waals surface area contributed by atoms with Gasteiger partial charge in [0.25, 0.3) is 0 Å². The lowest BCUT2D eigenvalue weighted by molar-refractivity contribution is -0.189. The number of rotatable bonds is 33. The maximum atomic E-state index is 10.7. The molecule has 5 nitrogen and oxygen atoms in total. The maximum absolute atomic E-state index is 10.7. The van der Waals surface area contributed by atoms with Crippen molar-refractivity contribution < 1.29 is 24.4 Å². The number of hydrogen-bond donors (Lipinski definition) is 2. The molecule has 2 N–H and O–H groups in total. The summed E-state index contributed by atoms with van der Waals surface area (Å²) in [6, 6.07) is 0. The molecule has 278 valence electrons. The maximum Gasteiger partial charge on any atom is 0.160 e. The molecule has 0 aromatic heterocycles. The van der Waals surface area contributed by atoms with Crippen LogP contribution in [0.3, 0.4) is 0 Å². The van der Waals surface area contributed by atoms with Crippen LogP contribution < -0.4 is 0 Å². The van der Waals surface area contributed by atoms with Gasteiger partial charge in [0.05, 0.1) is 6.61 Å². The highest BCUT2D eigenvalue weighted by Crippen LogP contribution is 2.22. The van der Waals surface area contributed by atoms with Gasteiger partial charge >= 0.3 is 0 Å². The van der Waals surface area contributed by atoms with E-state index in [-0.39, 0.29) is 13.2 Å². The SMILES string of the molecule is CCCCCCCCCCCCCCCCC(=S)OC[C@H]1OC[C@H](O)[C@@H](O)[C@@H]1OC(=S)CCCCCCCCCCCCCCCC. The number of aliphatic hydroxyl groups is 2. The van der Waals surface area contributed by atoms with Crippen molar-refractivity contribution in [2.24, 2.45) is 0 Å². The minimum atomic E-state index is -1.06. The predicted molar refractivity (Wildman–Crippen MR) is 208 cm³/mol. The highest BCUT2D eigenvalue weighted by molar-refractivity contribution is 7.80. The summed E-state index contributed by atoms with van der Waals surface area (Å²) in [6.07, 6.45) is 35.1. The number of ether oxygens (including phenoxy) is 3. The first-order valence-electron chi connectivity index (χ1n) is 20.3. The third-order valence-corrected chi connectivity index (χ3v) is 10.3. The highest BCUT2D eigenvalue weighted by atomic mass is 32.1. The summed E-state index contributed by atoms with van der Waals surface area (Å²) in [7, 11) is 0. The Morgan fingerprint density at radius 1 is 0.532 bits per heavy atom. The molecule has 0 saturated carbocycles. The first-order chi connectivity index (χ1) is 23.0. The van der Waals surface area contributed by atoms with Gasteiger partial charge in [0, 0.05) is 12.8 Å². The molecule has 7 heteroatoms. The molecule has 47 heavy (non-hydrogen) atoms. The highest BCUT2D eigenvalue weighted by Gasteiger charge is 2.41. The number of aliphatic hydroxyl groups excluding tert-OH is 2. The van der Waals surface area contributed by atoms with E-state index < -0.39 is 24.4 Å². The molecule has 0 bridgehead atoms. The molecule has 1 saturated heterocycles. The van der Waals surface area contributed by atoms with Crippen molar-refractivity contribution in [3.8, 4) is 0 Å². The van der Waals surface area contributed by atoms with Crippen molar-refractivity contribution in [3.05, 3.63) is 0 Å². The molecule has 0 aliphatic carbocycles. The minimum absolute atomic E-state index is 0.0481. The van der Waals surface area contributed by atoms with E-state index in [2.05, 4.69) is 13.8 Å². The van der Waals surface area contributed by atoms with E-state index in [0.29, 0.717) is 16.5 Å². The Balaban J connectivity index is 2.08. The van der Waals surface area contributed by atoms with Crippen LogP contribution in [0.25, 0.3) is 0 Å². The fourth-order valence-corrected chi connectivity index (χ4v) is 7.00. The third-order valence-electron chi connectivity index (χ3n) is 9.72. The van der Waals surface area contributed by atoms with Crippen molar-refractivity contribution >= 4 is 34.5 Å². The molecule has 1 aliphatic heterocycles. The van der Waals surface area contributed by atoms with Gasteiger partial charge in [0.15, 0.2) is 16.2 Å². The van der Waals surface area contributed by atoms with E-state index in [0.717, 1.165) is 25.7 Å². The number of unbranched alkanes of at least 4 members (excludes halogenated alkanes) is 26. The zero-order chi connectivity index (χ0) is 34.2. The van der Waals surface area contributed by atoms with Crippen molar-refractivity contribution in [2.45, 2.75) is 231 Å². The van der Waals surface area contributed by atoms with Crippen LogP contribution in [0.4, 0.5) is 0 Å². The van der Waals surface area contributed by atoms with Gasteiger partial charge in [-0.05, 0) is 37.3 Å². The molecule has 0 aromatic rings. The summed E-state index contributed by atoms with van der Waals surface area (Å²) >= 11 is 11.0. The Hall–Kier alpha value is -0.340. The molecule has 1 rings (SSSR count). The van der Waals surface area contributed by atoms with Crippen molar-refractivity contribution in [1.29, 1.82) is 0 Å². The number of thiocarbonyl (C=S) groups is 2. The van der Waals surface area contributed by atoms with E-state index in [1.54, 1.807) is 0 Å². The second-order valence-electron chi connectivity index (χ2n) is 14.3. The molecule has 1 aliphatic rings. The molecule has 0 unspecified atom stereocenters. The predicted octanol–water partition coefficient (Wildman–Crippen LogP) is 11.9. The fourth-order valence-electron chi connectivity index (χ4n) is 6.53. The summed E-state index contributed by atoms with van der Waals surface area (Å²) in [6.45, 7) is 4.80. The Kier molecular flexibility index (Phi) is 31.2. The standard InChI is InChI=1S/C40H76O5S2/c1-3-5-7-9-11-13-15-17-19-21-23-25-27-29-31-37(46)44-34-36-40(39(42)35(41)33-43-36)45-38(47)32-30-28-26-24-22-20-18-16-14-12-10-8-6-4-2/h35-36,39-42H,3-34H2,1-2H3/t35-,36+,39+,40+/m0/s1. The van der Waals surface area contributed by atoms with Crippen molar-refractivity contribution in [1.82, 2.24) is 0 Å². The smallest absolute Gasteiger partial charge is 0.160 e. The summed E-state index contributed by atoms with van der Waals surface area (Å²) in [4.78, 5) is 0. The van der Waals surface area contributed by atoms with Gasteiger partial charge in [-0.15, -0.1) is 0 Å². The third kappa shape index (κ3) is 26.2. The topological polar surface area (TPSA) is 68.2 Å². The number of hydrogen-bond acceptors (Lipinski definition) is 7. The Labute approximate surface area is 302 Å². The second kappa shape index (κ2) is 32.8. The second-order valence-corrected chi connectivity index (χ2v) is 15.2. The summed E-state index contributed by atoms with van der Waals surface area (Å²) in [5, 5.41) is 21.9. The van der Waals surface area contributed by atoms with Gasteiger partial charge in [-0.25, -0.2) is 0 Å². The van der Waals surface area contributed by atoms with Gasteiger partial charge in [-0.3, -0.25) is 0 Å². The molecule has 1 fully saturated rings. The Bertz CT molecular complexity index is 721. The molecular weight excluding hydrogens is 625 g/mol. The van der Waals surface area contributed by atoms with Gasteiger partial charge < -0.3 is 24.4 Å². The first-order valence-corrected chi connectivity index (χ1v) is 21.1. The van der Waals surface area contributed by atoms with Crippen LogP contribution in [-0.4, -0.2) is 57.9 Å². The van der Waals surface area contributed by atoms with Gasteiger partial charge in [-0.2, -0.15) is 0 Å². The lowest BCUT2D eigenvalue weighted by Gasteiger charge is -2.38. The van der Waals surface area contributed by atoms with Crippen LogP contribution >= 0.6 is 24.4 Å². The lowest BCUT2D eigenvalue weighted by atomic mass is 10.00. The molecule has 0 amide bonds. The quantitative estimate of drug-likeness (QED) is 0.0522. The van der Waals surface area contributed by atoms with E-state index in [1.807, 2.05) is 0 Å². The monoisotopic (exact) mass is 701 g/mol. The molecule has 1 heterocycles. The Morgan fingerprint density at radius 2 is 0.872 bits per heavy atom. The fraction of sp³-hybridized carbons (Fsp3) is 0.950. The van der Waals surface area contributed by atoms with Crippen LogP contribution in [-0.2, 0) is 14.2 Å². The minimum Gasteiger partial charge on any atom is -0.484 e. The van der Waals surface area contributed by atoms with Crippen molar-refractivity contribution in [3.63, 3.8) is 0 Å². The lowest BCUT2D eigenvalue weighted by Crippen LogP contribution is -2.56. The van der Waals surface area contributed by atoms with Crippen LogP contribution in [0.5, 0.6) is 0 Å². The zero-order valence-corrected chi connectivity index (χ0v) is 32.5. The van der Waals surface area contributed by atoms with E-state index in [1.165, 1.54) is 161 Å². The zero-order valence-electron chi connectivity index (χ0n) is 30.9. The summed E-state index contributed by atoms with van der Waals surface area (Å²) in [5.74, 6) is 0. The molecule has 4 atom stereocenters. The van der Waals surface area contributed by atoms with Gasteiger partial charge in [0.1, 0.15) is 24.9 Å². The van der Waals surface area contributed by atoms with E-state index >= 15 is 0 Å². The van der Waals surface area contributed by atoms with Crippen LogP contribution in [0.1, 0.15) is 206 Å². The summed E-state index contributed by atoms with van der Waals surface area (Å²) < 4.78 is 17.7. The Morgan fingerprint density at radius 3 is 1.26 bits per heavy atom.